The lowest BCUT2D eigenvalue weighted by molar-refractivity contribution is -0.124. The van der Waals surface area contributed by atoms with Crippen LogP contribution in [0.5, 0.6) is 0 Å². The largest absolute Gasteiger partial charge is 0.376 e. The number of carbonyl (C=O) groups excluding carboxylic acids is 2. The molecule has 3 amide bonds. The van der Waals surface area contributed by atoms with Crippen LogP contribution in [0.2, 0.25) is 0 Å². The Balaban J connectivity index is 1.61. The van der Waals surface area contributed by atoms with E-state index in [1.165, 1.54) is 9.78 Å². The van der Waals surface area contributed by atoms with Crippen LogP contribution in [-0.4, -0.2) is 86.2 Å². The Morgan fingerprint density at radius 1 is 1.45 bits per heavy atom. The molecular weight excluding hydrogens is 392 g/mol. The number of carbonyl (C=O) groups is 2. The van der Waals surface area contributed by atoms with Crippen molar-refractivity contribution in [2.24, 2.45) is 4.99 Å². The Labute approximate surface area is 175 Å². The van der Waals surface area contributed by atoms with Crippen LogP contribution in [-0.2, 0) is 9.53 Å². The molecule has 3 N–H and O–H groups in total. The van der Waals surface area contributed by atoms with Crippen molar-refractivity contribution < 1.29 is 14.3 Å². The fourth-order valence-corrected chi connectivity index (χ4v) is 4.33. The summed E-state index contributed by atoms with van der Waals surface area (Å²) in [6.45, 7) is 8.79. The minimum Gasteiger partial charge on any atom is -0.376 e. The van der Waals surface area contributed by atoms with Crippen LogP contribution in [0.4, 0.5) is 4.79 Å². The molecule has 10 heteroatoms. The number of urea groups is 1. The summed E-state index contributed by atoms with van der Waals surface area (Å²) in [5.74, 6) is 0.486. The molecule has 1 aromatic rings. The third kappa shape index (κ3) is 5.91. The first-order valence-electron chi connectivity index (χ1n) is 10.1. The van der Waals surface area contributed by atoms with Crippen molar-refractivity contribution in [1.82, 2.24) is 25.8 Å². The maximum Gasteiger partial charge on any atom is 0.324 e. The second-order valence-corrected chi connectivity index (χ2v) is 8.04. The molecule has 0 aromatic carbocycles. The Bertz CT molecular complexity index is 695. The number of imide groups is 1. The smallest absolute Gasteiger partial charge is 0.324 e. The standard InChI is InChI=1S/C19H30N6O3S/c1-3-20-18(21-6-7-25-17(26)12-23-19(25)27)22-11-15(16-5-4-10-29-16)24-8-9-28-14(2)13-24/h4-5,10,14-15H,3,6-9,11-13H2,1-2H3,(H,23,27)(H2,20,21,22). The normalized spacial score (nSPS) is 21.9. The van der Waals surface area contributed by atoms with Gasteiger partial charge in [0.1, 0.15) is 0 Å². The van der Waals surface area contributed by atoms with E-state index in [0.29, 0.717) is 25.6 Å². The van der Waals surface area contributed by atoms with Gasteiger partial charge in [-0.3, -0.25) is 19.6 Å². The number of hydrogen-bond acceptors (Lipinski definition) is 6. The Morgan fingerprint density at radius 3 is 2.97 bits per heavy atom. The number of ether oxygens (including phenoxy) is 1. The molecule has 2 aliphatic heterocycles. The number of rotatable bonds is 8. The maximum absolute atomic E-state index is 11.7. The van der Waals surface area contributed by atoms with Gasteiger partial charge >= 0.3 is 6.03 Å². The van der Waals surface area contributed by atoms with Crippen LogP contribution in [0.25, 0.3) is 0 Å². The molecule has 0 aliphatic carbocycles. The molecule has 0 spiro atoms. The first-order valence-corrected chi connectivity index (χ1v) is 11.0. The second kappa shape index (κ2) is 10.6. The Hall–Kier alpha value is -2.17. The van der Waals surface area contributed by atoms with Crippen LogP contribution in [0.1, 0.15) is 24.8 Å². The van der Waals surface area contributed by atoms with Crippen LogP contribution < -0.4 is 16.0 Å². The quantitative estimate of drug-likeness (QED) is 0.323. The van der Waals surface area contributed by atoms with Crippen LogP contribution >= 0.6 is 11.3 Å². The molecule has 0 saturated carbocycles. The molecular formula is C19H30N6O3S. The van der Waals surface area contributed by atoms with Gasteiger partial charge in [-0.15, -0.1) is 11.3 Å². The van der Waals surface area contributed by atoms with Gasteiger partial charge in [-0.1, -0.05) is 6.07 Å². The van der Waals surface area contributed by atoms with E-state index in [-0.39, 0.29) is 30.6 Å². The molecule has 2 unspecified atom stereocenters. The lowest BCUT2D eigenvalue weighted by atomic mass is 10.1. The molecule has 29 heavy (non-hydrogen) atoms. The van der Waals surface area contributed by atoms with Gasteiger partial charge in [-0.2, -0.15) is 0 Å². The number of thiophene rings is 1. The highest BCUT2D eigenvalue weighted by molar-refractivity contribution is 7.10. The summed E-state index contributed by atoms with van der Waals surface area (Å²) in [5.41, 5.74) is 0. The number of morpholine rings is 1. The van der Waals surface area contributed by atoms with Crippen molar-refractivity contribution in [3.8, 4) is 0 Å². The zero-order valence-corrected chi connectivity index (χ0v) is 17.8. The van der Waals surface area contributed by atoms with Crippen molar-refractivity contribution in [2.75, 3.05) is 52.4 Å². The summed E-state index contributed by atoms with van der Waals surface area (Å²) in [7, 11) is 0. The van der Waals surface area contributed by atoms with Crippen LogP contribution in [0.15, 0.2) is 22.5 Å². The third-order valence-electron chi connectivity index (χ3n) is 4.92. The van der Waals surface area contributed by atoms with Crippen molar-refractivity contribution >= 4 is 29.2 Å². The summed E-state index contributed by atoms with van der Waals surface area (Å²) in [6.07, 6.45) is 0.214. The highest BCUT2D eigenvalue weighted by Gasteiger charge is 2.28. The van der Waals surface area contributed by atoms with Gasteiger partial charge < -0.3 is 20.7 Å². The molecule has 0 radical (unpaired) electrons. The van der Waals surface area contributed by atoms with Gasteiger partial charge in [-0.25, -0.2) is 4.79 Å². The van der Waals surface area contributed by atoms with E-state index in [1.54, 1.807) is 11.3 Å². The SMILES string of the molecule is CCNC(=NCC(c1cccs1)N1CCOC(C)C1)NCCN1C(=O)CNC1=O. The summed E-state index contributed by atoms with van der Waals surface area (Å²) in [5, 5.41) is 11.1. The van der Waals surface area contributed by atoms with Gasteiger partial charge in [-0.05, 0) is 25.3 Å². The number of hydrogen-bond donors (Lipinski definition) is 3. The fourth-order valence-electron chi connectivity index (χ4n) is 3.48. The molecule has 2 atom stereocenters. The molecule has 9 nitrogen and oxygen atoms in total. The average Bonchev–Trinajstić information content (AvgIpc) is 3.34. The summed E-state index contributed by atoms with van der Waals surface area (Å²) >= 11 is 1.74. The molecule has 0 bridgehead atoms. The summed E-state index contributed by atoms with van der Waals surface area (Å²) in [6, 6.07) is 4.09. The van der Waals surface area contributed by atoms with Crippen molar-refractivity contribution in [1.29, 1.82) is 0 Å². The fraction of sp³-hybridized carbons (Fsp3) is 0.632. The zero-order valence-electron chi connectivity index (χ0n) is 17.0. The lowest BCUT2D eigenvalue weighted by Crippen LogP contribution is -2.45. The van der Waals surface area contributed by atoms with Gasteiger partial charge in [0.2, 0.25) is 5.91 Å². The number of amides is 3. The van der Waals surface area contributed by atoms with E-state index in [0.717, 1.165) is 26.2 Å². The predicted molar refractivity (Wildman–Crippen MR) is 113 cm³/mol. The summed E-state index contributed by atoms with van der Waals surface area (Å²) < 4.78 is 5.70. The molecule has 3 heterocycles. The number of nitrogens with one attached hydrogen (secondary N) is 3. The van der Waals surface area contributed by atoms with E-state index < -0.39 is 0 Å². The minimum atomic E-state index is -0.335. The number of guanidine groups is 1. The van der Waals surface area contributed by atoms with E-state index in [4.69, 9.17) is 9.73 Å². The van der Waals surface area contributed by atoms with E-state index >= 15 is 0 Å². The molecule has 2 saturated heterocycles. The molecule has 1 aromatic heterocycles. The number of nitrogens with zero attached hydrogens (tertiary/aromatic N) is 3. The average molecular weight is 423 g/mol. The topological polar surface area (TPSA) is 98.3 Å². The van der Waals surface area contributed by atoms with Gasteiger partial charge in [0, 0.05) is 37.6 Å². The lowest BCUT2D eigenvalue weighted by Gasteiger charge is -2.36. The first-order chi connectivity index (χ1) is 14.1. The molecule has 2 fully saturated rings. The maximum atomic E-state index is 11.7. The Kier molecular flexibility index (Phi) is 7.84. The van der Waals surface area contributed by atoms with E-state index in [1.807, 2.05) is 6.92 Å². The molecule has 3 rings (SSSR count). The van der Waals surface area contributed by atoms with E-state index in [2.05, 4.69) is 45.3 Å². The minimum absolute atomic E-state index is 0.0768. The molecule has 160 valence electrons. The number of aliphatic imine (C=N–C) groups is 1. The van der Waals surface area contributed by atoms with Crippen molar-refractivity contribution in [3.63, 3.8) is 0 Å². The van der Waals surface area contributed by atoms with Crippen molar-refractivity contribution in [3.05, 3.63) is 22.4 Å². The molecule has 2 aliphatic rings. The van der Waals surface area contributed by atoms with Crippen molar-refractivity contribution in [2.45, 2.75) is 26.0 Å². The highest BCUT2D eigenvalue weighted by atomic mass is 32.1. The zero-order chi connectivity index (χ0) is 20.6. The summed E-state index contributed by atoms with van der Waals surface area (Å²) in [4.78, 5) is 33.1. The second-order valence-electron chi connectivity index (χ2n) is 7.06. The van der Waals surface area contributed by atoms with Gasteiger partial charge in [0.05, 0.1) is 31.8 Å². The van der Waals surface area contributed by atoms with Crippen LogP contribution in [0, 0.1) is 0 Å². The highest BCUT2D eigenvalue weighted by Crippen LogP contribution is 2.27. The van der Waals surface area contributed by atoms with Gasteiger partial charge in [0.25, 0.3) is 0 Å². The predicted octanol–water partition coefficient (Wildman–Crippen LogP) is 0.617. The van der Waals surface area contributed by atoms with Gasteiger partial charge in [0.15, 0.2) is 5.96 Å². The van der Waals surface area contributed by atoms with Crippen LogP contribution in [0.3, 0.4) is 0 Å². The first kappa shape index (κ1) is 21.5. The Morgan fingerprint density at radius 2 is 2.31 bits per heavy atom. The van der Waals surface area contributed by atoms with E-state index in [9.17, 15) is 9.59 Å². The monoisotopic (exact) mass is 422 g/mol. The third-order valence-corrected chi connectivity index (χ3v) is 5.89.